The number of hydrogen-bond acceptors (Lipinski definition) is 6. The van der Waals surface area contributed by atoms with Crippen molar-refractivity contribution in [2.24, 2.45) is 0 Å². The number of hydrogen-bond donors (Lipinski definition) is 3. The Hall–Kier alpha value is -4.59. The molecule has 33 heavy (non-hydrogen) atoms. The van der Waals surface area contributed by atoms with E-state index >= 15 is 0 Å². The van der Waals surface area contributed by atoms with Gasteiger partial charge >= 0.3 is 5.97 Å². The number of aromatic hydroxyl groups is 1. The molecule has 0 aliphatic rings. The van der Waals surface area contributed by atoms with Crippen molar-refractivity contribution in [2.75, 3.05) is 17.7 Å². The number of ether oxygens (including phenoxy) is 1. The number of amides is 2. The van der Waals surface area contributed by atoms with Gasteiger partial charge in [-0.25, -0.2) is 4.79 Å². The van der Waals surface area contributed by atoms with Gasteiger partial charge in [0.05, 0.1) is 19.2 Å². The second-order valence-corrected chi connectivity index (χ2v) is 7.22. The van der Waals surface area contributed by atoms with Crippen LogP contribution in [0.3, 0.4) is 0 Å². The maximum atomic E-state index is 12.5. The lowest BCUT2D eigenvalue weighted by molar-refractivity contribution is -0.115. The summed E-state index contributed by atoms with van der Waals surface area (Å²) in [6.45, 7) is 0. The van der Waals surface area contributed by atoms with Crippen LogP contribution in [-0.4, -0.2) is 30.0 Å². The van der Waals surface area contributed by atoms with Crippen LogP contribution in [0, 0.1) is 0 Å². The summed E-state index contributed by atoms with van der Waals surface area (Å²) in [4.78, 5) is 36.5. The van der Waals surface area contributed by atoms with Gasteiger partial charge in [-0.2, -0.15) is 0 Å². The summed E-state index contributed by atoms with van der Waals surface area (Å²) in [5, 5.41) is 16.4. The maximum Gasteiger partial charge on any atom is 0.341 e. The first-order chi connectivity index (χ1) is 15.9. The fourth-order valence-electron chi connectivity index (χ4n) is 3.29. The van der Waals surface area contributed by atoms with Crippen LogP contribution in [0.4, 0.5) is 11.4 Å². The van der Waals surface area contributed by atoms with Crippen molar-refractivity contribution < 1.29 is 28.6 Å². The highest BCUT2D eigenvalue weighted by molar-refractivity contribution is 6.04. The van der Waals surface area contributed by atoms with E-state index in [1.54, 1.807) is 36.4 Å². The number of phenols is 1. The quantitative estimate of drug-likeness (QED) is 0.300. The van der Waals surface area contributed by atoms with Crippen molar-refractivity contribution in [3.05, 3.63) is 89.7 Å². The number of methoxy groups -OCH3 is 1. The first-order valence-corrected chi connectivity index (χ1v) is 10.0. The Balaban J connectivity index is 1.38. The Morgan fingerprint density at radius 3 is 2.42 bits per heavy atom. The van der Waals surface area contributed by atoms with Crippen molar-refractivity contribution in [1.82, 2.24) is 0 Å². The predicted molar refractivity (Wildman–Crippen MR) is 122 cm³/mol. The first-order valence-electron chi connectivity index (χ1n) is 10.0. The minimum Gasteiger partial charge on any atom is -0.505 e. The Kier molecular flexibility index (Phi) is 6.08. The van der Waals surface area contributed by atoms with Gasteiger partial charge in [0.1, 0.15) is 11.1 Å². The number of carbonyl (C=O) groups is 3. The highest BCUT2D eigenvalue weighted by Gasteiger charge is 2.16. The maximum absolute atomic E-state index is 12.5. The standard InChI is InChI=1S/C25H20N2O6/c1-32-25(31)18-6-4-7-19(23(18)29)27-22(28)13-15-9-11-17(12-10-15)26-24(30)21-14-16-5-2-3-8-20(16)33-21/h2-12,14,29H,13H2,1H3,(H,26,30)(H,27,28). The van der Waals surface area contributed by atoms with Gasteiger partial charge in [0.15, 0.2) is 11.5 Å². The molecule has 8 heteroatoms. The minimum atomic E-state index is -0.705. The number of benzene rings is 3. The van der Waals surface area contributed by atoms with Crippen molar-refractivity contribution in [1.29, 1.82) is 0 Å². The summed E-state index contributed by atoms with van der Waals surface area (Å²) in [5.74, 6) is -1.62. The molecule has 0 aliphatic carbocycles. The summed E-state index contributed by atoms with van der Waals surface area (Å²) in [6, 6.07) is 20.2. The summed E-state index contributed by atoms with van der Waals surface area (Å²) < 4.78 is 10.2. The average molecular weight is 444 g/mol. The fourth-order valence-corrected chi connectivity index (χ4v) is 3.29. The third kappa shape index (κ3) is 4.85. The van der Waals surface area contributed by atoms with E-state index < -0.39 is 5.97 Å². The van der Waals surface area contributed by atoms with E-state index in [9.17, 15) is 19.5 Å². The molecule has 4 rings (SSSR count). The number of nitrogens with one attached hydrogen (secondary N) is 2. The fraction of sp³-hybridized carbons (Fsp3) is 0.0800. The van der Waals surface area contributed by atoms with Crippen LogP contribution in [0.5, 0.6) is 5.75 Å². The molecule has 0 unspecified atom stereocenters. The Bertz CT molecular complexity index is 1310. The van der Waals surface area contributed by atoms with Crippen LogP contribution in [-0.2, 0) is 16.0 Å². The molecular formula is C25H20N2O6. The molecule has 2 amide bonds. The van der Waals surface area contributed by atoms with E-state index in [4.69, 9.17) is 4.42 Å². The second-order valence-electron chi connectivity index (χ2n) is 7.22. The summed E-state index contributed by atoms with van der Waals surface area (Å²) in [5.41, 5.74) is 1.94. The number of carbonyl (C=O) groups excluding carboxylic acids is 3. The molecule has 0 radical (unpaired) electrons. The smallest absolute Gasteiger partial charge is 0.341 e. The molecule has 4 aromatic rings. The van der Waals surface area contributed by atoms with Crippen molar-refractivity contribution in [3.8, 4) is 5.75 Å². The van der Waals surface area contributed by atoms with Crippen LogP contribution in [0.1, 0.15) is 26.5 Å². The molecule has 8 nitrogen and oxygen atoms in total. The van der Waals surface area contributed by atoms with Gasteiger partial charge < -0.3 is 24.9 Å². The van der Waals surface area contributed by atoms with Crippen molar-refractivity contribution >= 4 is 40.1 Å². The molecule has 0 bridgehead atoms. The number of phenolic OH excluding ortho intramolecular Hbond substituents is 1. The molecular weight excluding hydrogens is 424 g/mol. The zero-order chi connectivity index (χ0) is 23.4. The van der Waals surface area contributed by atoms with E-state index in [1.807, 2.05) is 18.2 Å². The number of furan rings is 1. The van der Waals surface area contributed by atoms with E-state index in [0.717, 1.165) is 5.39 Å². The monoisotopic (exact) mass is 444 g/mol. The average Bonchev–Trinajstić information content (AvgIpc) is 3.26. The Morgan fingerprint density at radius 2 is 1.70 bits per heavy atom. The second kappa shape index (κ2) is 9.27. The molecule has 0 saturated carbocycles. The van der Waals surface area contributed by atoms with Crippen molar-refractivity contribution in [3.63, 3.8) is 0 Å². The van der Waals surface area contributed by atoms with Gasteiger partial charge in [-0.3, -0.25) is 9.59 Å². The molecule has 0 aliphatic heterocycles. The van der Waals surface area contributed by atoms with E-state index in [1.165, 1.54) is 25.3 Å². The SMILES string of the molecule is COC(=O)c1cccc(NC(=O)Cc2ccc(NC(=O)c3cc4ccccc4o3)cc2)c1O. The van der Waals surface area contributed by atoms with Crippen LogP contribution in [0.25, 0.3) is 11.0 Å². The number of rotatable bonds is 6. The van der Waals surface area contributed by atoms with Crippen molar-refractivity contribution in [2.45, 2.75) is 6.42 Å². The van der Waals surface area contributed by atoms with Gasteiger partial charge in [-0.15, -0.1) is 0 Å². The molecule has 3 aromatic carbocycles. The van der Waals surface area contributed by atoms with Gasteiger partial charge in [-0.05, 0) is 42.0 Å². The van der Waals surface area contributed by atoms with E-state index in [2.05, 4.69) is 15.4 Å². The number of esters is 1. The molecule has 0 fully saturated rings. The Labute approximate surface area is 188 Å². The molecule has 1 aromatic heterocycles. The molecule has 0 atom stereocenters. The normalized spacial score (nSPS) is 10.6. The van der Waals surface area contributed by atoms with E-state index in [-0.39, 0.29) is 41.0 Å². The van der Waals surface area contributed by atoms with Gasteiger partial charge in [0, 0.05) is 11.1 Å². The zero-order valence-corrected chi connectivity index (χ0v) is 17.6. The topological polar surface area (TPSA) is 118 Å². The zero-order valence-electron chi connectivity index (χ0n) is 17.6. The molecule has 0 spiro atoms. The lowest BCUT2D eigenvalue weighted by Crippen LogP contribution is -2.15. The van der Waals surface area contributed by atoms with Crippen LogP contribution in [0.2, 0.25) is 0 Å². The Morgan fingerprint density at radius 1 is 0.939 bits per heavy atom. The molecule has 0 saturated heterocycles. The lowest BCUT2D eigenvalue weighted by Gasteiger charge is -2.10. The number of anilines is 2. The van der Waals surface area contributed by atoms with Gasteiger partial charge in [-0.1, -0.05) is 36.4 Å². The predicted octanol–water partition coefficient (Wildman–Crippen LogP) is 4.36. The first kappa shape index (κ1) is 21.6. The molecule has 1 heterocycles. The minimum absolute atomic E-state index is 0.0275. The molecule has 166 valence electrons. The highest BCUT2D eigenvalue weighted by Crippen LogP contribution is 2.28. The summed E-state index contributed by atoms with van der Waals surface area (Å²) in [7, 11) is 1.20. The van der Waals surface area contributed by atoms with Crippen LogP contribution in [0.15, 0.2) is 77.2 Å². The largest absolute Gasteiger partial charge is 0.505 e. The number of para-hydroxylation sites is 2. The molecule has 3 N–H and O–H groups in total. The van der Waals surface area contributed by atoms with Gasteiger partial charge in [0.25, 0.3) is 5.91 Å². The third-order valence-corrected chi connectivity index (χ3v) is 4.94. The van der Waals surface area contributed by atoms with Crippen LogP contribution >= 0.6 is 0 Å². The van der Waals surface area contributed by atoms with E-state index in [0.29, 0.717) is 16.8 Å². The lowest BCUT2D eigenvalue weighted by atomic mass is 10.1. The third-order valence-electron chi connectivity index (χ3n) is 4.94. The van der Waals surface area contributed by atoms with Crippen LogP contribution < -0.4 is 10.6 Å². The summed E-state index contributed by atoms with van der Waals surface area (Å²) >= 11 is 0. The summed E-state index contributed by atoms with van der Waals surface area (Å²) in [6.07, 6.45) is 0.0275. The number of fused-ring (bicyclic) bond motifs is 1. The van der Waals surface area contributed by atoms with Gasteiger partial charge in [0.2, 0.25) is 5.91 Å². The highest BCUT2D eigenvalue weighted by atomic mass is 16.5.